The van der Waals surface area contributed by atoms with E-state index in [-0.39, 0.29) is 48.3 Å². The first-order chi connectivity index (χ1) is 21.3. The molecule has 2 aliphatic heterocycles. The van der Waals surface area contributed by atoms with Crippen molar-refractivity contribution in [3.8, 4) is 5.75 Å². The molecule has 3 amide bonds. The summed E-state index contributed by atoms with van der Waals surface area (Å²) in [5.41, 5.74) is 7.81. The van der Waals surface area contributed by atoms with E-state index in [4.69, 9.17) is 4.74 Å². The highest BCUT2D eigenvalue weighted by Crippen LogP contribution is 2.61. The van der Waals surface area contributed by atoms with Crippen molar-refractivity contribution in [2.75, 3.05) is 16.3 Å². The lowest BCUT2D eigenvalue weighted by Gasteiger charge is -2.45. The molecule has 4 aromatic carbocycles. The van der Waals surface area contributed by atoms with Crippen LogP contribution in [0.2, 0.25) is 0 Å². The number of benzene rings is 4. The Kier molecular flexibility index (Phi) is 5.88. The zero-order valence-corrected chi connectivity index (χ0v) is 24.4. The Hall–Kier alpha value is -5.04. The SMILES string of the molecule is Cc1ccc(N2C[C@H](C(=O)Oc3cccc(N4C(=O)[C@@H]5C6c7ccccc7C(c7ccccc76)[C@H]5C4=O)c3)CC2=O)cc1C. The highest BCUT2D eigenvalue weighted by molar-refractivity contribution is 6.23. The smallest absolute Gasteiger partial charge is 0.316 e. The molecule has 0 aromatic heterocycles. The van der Waals surface area contributed by atoms with Crippen LogP contribution in [0.25, 0.3) is 0 Å². The number of esters is 1. The average Bonchev–Trinajstić information content (AvgIpc) is 3.55. The van der Waals surface area contributed by atoms with Gasteiger partial charge in [0.1, 0.15) is 5.75 Å². The van der Waals surface area contributed by atoms with E-state index in [2.05, 4.69) is 24.3 Å². The molecule has 0 N–H and O–H groups in total. The molecule has 44 heavy (non-hydrogen) atoms. The third kappa shape index (κ3) is 3.81. The summed E-state index contributed by atoms with van der Waals surface area (Å²) in [5.74, 6) is -2.88. The molecular formula is C37H30N2O5. The molecule has 2 fully saturated rings. The van der Waals surface area contributed by atoms with Gasteiger partial charge in [0, 0.05) is 36.6 Å². The monoisotopic (exact) mass is 582 g/mol. The minimum atomic E-state index is -0.627. The number of hydrogen-bond acceptors (Lipinski definition) is 5. The molecule has 7 nitrogen and oxygen atoms in total. The summed E-state index contributed by atoms with van der Waals surface area (Å²) < 4.78 is 5.75. The van der Waals surface area contributed by atoms with E-state index >= 15 is 0 Å². The lowest BCUT2D eigenvalue weighted by molar-refractivity contribution is -0.139. The van der Waals surface area contributed by atoms with Gasteiger partial charge in [-0.05, 0) is 71.5 Å². The van der Waals surface area contributed by atoms with Crippen LogP contribution < -0.4 is 14.5 Å². The summed E-state index contributed by atoms with van der Waals surface area (Å²) in [4.78, 5) is 57.2. The van der Waals surface area contributed by atoms with Crippen LogP contribution in [0.15, 0.2) is 91.0 Å². The molecule has 0 radical (unpaired) electrons. The lowest BCUT2D eigenvalue weighted by atomic mass is 9.55. The third-order valence-corrected chi connectivity index (χ3v) is 10.0. The first kappa shape index (κ1) is 26.6. The van der Waals surface area contributed by atoms with E-state index in [9.17, 15) is 19.2 Å². The van der Waals surface area contributed by atoms with E-state index in [1.165, 1.54) is 4.90 Å². The van der Waals surface area contributed by atoms with Crippen LogP contribution in [0, 0.1) is 31.6 Å². The zero-order chi connectivity index (χ0) is 30.3. The molecule has 2 saturated heterocycles. The van der Waals surface area contributed by atoms with Crippen LogP contribution in [0.3, 0.4) is 0 Å². The van der Waals surface area contributed by atoms with Crippen LogP contribution in [-0.4, -0.2) is 30.2 Å². The molecule has 2 heterocycles. The number of carbonyl (C=O) groups excluding carboxylic acids is 4. The first-order valence-electron chi connectivity index (χ1n) is 15.1. The fourth-order valence-electron chi connectivity index (χ4n) is 7.83. The maximum absolute atomic E-state index is 14.1. The molecule has 5 aliphatic rings. The van der Waals surface area contributed by atoms with Crippen LogP contribution in [-0.2, 0) is 19.2 Å². The predicted molar refractivity (Wildman–Crippen MR) is 164 cm³/mol. The Morgan fingerprint density at radius 1 is 0.682 bits per heavy atom. The second-order valence-corrected chi connectivity index (χ2v) is 12.4. The molecule has 218 valence electrons. The molecule has 7 heteroatoms. The minimum Gasteiger partial charge on any atom is -0.426 e. The van der Waals surface area contributed by atoms with Crippen LogP contribution in [0.5, 0.6) is 5.75 Å². The molecule has 3 atom stereocenters. The van der Waals surface area contributed by atoms with E-state index in [1.807, 2.05) is 56.3 Å². The van der Waals surface area contributed by atoms with Gasteiger partial charge in [0.05, 0.1) is 23.4 Å². The first-order valence-corrected chi connectivity index (χ1v) is 15.1. The van der Waals surface area contributed by atoms with E-state index < -0.39 is 23.7 Å². The largest absolute Gasteiger partial charge is 0.426 e. The summed E-state index contributed by atoms with van der Waals surface area (Å²) >= 11 is 0. The summed E-state index contributed by atoms with van der Waals surface area (Å²) in [6.07, 6.45) is 0.0573. The third-order valence-electron chi connectivity index (χ3n) is 10.0. The second-order valence-electron chi connectivity index (χ2n) is 12.4. The summed E-state index contributed by atoms with van der Waals surface area (Å²) in [6.45, 7) is 4.24. The van der Waals surface area contributed by atoms with Crippen molar-refractivity contribution < 1.29 is 23.9 Å². The summed E-state index contributed by atoms with van der Waals surface area (Å²) in [7, 11) is 0. The van der Waals surface area contributed by atoms with Crippen molar-refractivity contribution in [1.82, 2.24) is 0 Å². The highest BCUT2D eigenvalue weighted by atomic mass is 16.5. The molecule has 0 spiro atoms. The predicted octanol–water partition coefficient (Wildman–Crippen LogP) is 5.66. The number of carbonyl (C=O) groups is 4. The Bertz CT molecular complexity index is 1800. The molecule has 0 saturated carbocycles. The maximum atomic E-state index is 14.1. The van der Waals surface area contributed by atoms with Crippen molar-refractivity contribution in [3.63, 3.8) is 0 Å². The van der Waals surface area contributed by atoms with Gasteiger partial charge in [-0.25, -0.2) is 4.90 Å². The number of ether oxygens (including phenoxy) is 1. The standard InChI is InChI=1S/C37H30N2O5/c1-20-14-15-23(16-21(20)2)38-19-22(17-30(38)40)37(43)44-25-9-7-8-24(18-25)39-35(41)33-31-26-10-3-4-11-27(26)32(34(33)36(39)42)29-13-6-5-12-28(29)31/h3-16,18,22,31-34H,17,19H2,1-2H3/t22-,31?,32?,33-,34-/m1/s1. The molecule has 2 bridgehead atoms. The summed E-state index contributed by atoms with van der Waals surface area (Å²) in [6, 6.07) is 28.7. The summed E-state index contributed by atoms with van der Waals surface area (Å²) in [5, 5.41) is 0. The van der Waals surface area contributed by atoms with Crippen molar-refractivity contribution in [3.05, 3.63) is 124 Å². The van der Waals surface area contributed by atoms with Crippen molar-refractivity contribution >= 4 is 35.1 Å². The number of rotatable bonds is 4. The number of nitrogens with zero attached hydrogens (tertiary/aromatic N) is 2. The zero-order valence-electron chi connectivity index (χ0n) is 24.4. The van der Waals surface area contributed by atoms with Gasteiger partial charge >= 0.3 is 5.97 Å². The van der Waals surface area contributed by atoms with E-state index in [0.29, 0.717) is 5.69 Å². The van der Waals surface area contributed by atoms with Gasteiger partial charge < -0.3 is 9.64 Å². The van der Waals surface area contributed by atoms with E-state index in [0.717, 1.165) is 39.1 Å². The number of anilines is 2. The molecule has 9 rings (SSSR count). The van der Waals surface area contributed by atoms with Crippen molar-refractivity contribution in [2.24, 2.45) is 17.8 Å². The Morgan fingerprint density at radius 2 is 1.27 bits per heavy atom. The van der Waals surface area contributed by atoms with Gasteiger partial charge in [0.25, 0.3) is 0 Å². The van der Waals surface area contributed by atoms with Crippen LogP contribution in [0.4, 0.5) is 11.4 Å². The quantitative estimate of drug-likeness (QED) is 0.176. The molecular weight excluding hydrogens is 552 g/mol. The average molecular weight is 583 g/mol. The fourth-order valence-corrected chi connectivity index (χ4v) is 7.83. The Morgan fingerprint density at radius 3 is 1.84 bits per heavy atom. The fraction of sp³-hybridized carbons (Fsp3) is 0.243. The number of hydrogen-bond donors (Lipinski definition) is 0. The van der Waals surface area contributed by atoms with Crippen molar-refractivity contribution in [1.29, 1.82) is 0 Å². The minimum absolute atomic E-state index is 0.0573. The molecule has 3 aliphatic carbocycles. The number of imide groups is 1. The highest BCUT2D eigenvalue weighted by Gasteiger charge is 2.61. The lowest BCUT2D eigenvalue weighted by Crippen LogP contribution is -2.41. The normalized spacial score (nSPS) is 24.8. The van der Waals surface area contributed by atoms with Crippen LogP contribution in [0.1, 0.15) is 51.6 Å². The van der Waals surface area contributed by atoms with Gasteiger partial charge in [0.2, 0.25) is 17.7 Å². The van der Waals surface area contributed by atoms with Crippen molar-refractivity contribution in [2.45, 2.75) is 32.1 Å². The van der Waals surface area contributed by atoms with Gasteiger partial charge in [-0.3, -0.25) is 19.2 Å². The Balaban J connectivity index is 1.05. The molecule has 0 unspecified atom stereocenters. The molecule has 4 aromatic rings. The second kappa shape index (κ2) is 9.74. The maximum Gasteiger partial charge on any atom is 0.316 e. The topological polar surface area (TPSA) is 84.0 Å². The number of aryl methyl sites for hydroxylation is 2. The number of amides is 3. The van der Waals surface area contributed by atoms with Gasteiger partial charge in [-0.1, -0.05) is 60.7 Å². The van der Waals surface area contributed by atoms with E-state index in [1.54, 1.807) is 29.2 Å². The van der Waals surface area contributed by atoms with Gasteiger partial charge in [-0.15, -0.1) is 0 Å². The van der Waals surface area contributed by atoms with Gasteiger partial charge in [-0.2, -0.15) is 0 Å². The van der Waals surface area contributed by atoms with Crippen LogP contribution >= 0.6 is 0 Å². The Labute approximate surface area is 255 Å². The van der Waals surface area contributed by atoms with Gasteiger partial charge in [0.15, 0.2) is 0 Å².